The van der Waals surface area contributed by atoms with Crippen molar-refractivity contribution in [2.45, 2.75) is 45.6 Å². The van der Waals surface area contributed by atoms with Gasteiger partial charge in [-0.15, -0.1) is 0 Å². The highest BCUT2D eigenvalue weighted by Gasteiger charge is 2.40. The Bertz CT molecular complexity index is 2620. The van der Waals surface area contributed by atoms with E-state index in [2.05, 4.69) is 176 Å². The number of para-hydroxylation sites is 2. The standard InChI is InChI=1S/C47H40N2/c1-4-47(5-2)41-29-33(17-15-31-21-25-44-39(27-31)37-11-7-9-13-43(37)48-44)19-23-35(41)36-24-20-34(30-42(36)47)18-16-32-22-26-46-40(28-32)38-12-8-10-14-45(38)49(46)6-3/h7-30,48H,4-6H2,1-3H3/b17-15+,18-16+. The van der Waals surface area contributed by atoms with E-state index in [0.717, 1.165) is 19.4 Å². The molecule has 0 saturated carbocycles. The summed E-state index contributed by atoms with van der Waals surface area (Å²) in [5.41, 5.74) is 15.6. The normalized spacial score (nSPS) is 13.9. The zero-order valence-electron chi connectivity index (χ0n) is 28.4. The van der Waals surface area contributed by atoms with Crippen LogP contribution in [0, 0.1) is 0 Å². The molecule has 0 aliphatic heterocycles. The summed E-state index contributed by atoms with van der Waals surface area (Å²) < 4.78 is 2.41. The molecule has 0 radical (unpaired) electrons. The summed E-state index contributed by atoms with van der Waals surface area (Å²) >= 11 is 0. The lowest BCUT2D eigenvalue weighted by atomic mass is 9.73. The maximum absolute atomic E-state index is 3.54. The second-order valence-electron chi connectivity index (χ2n) is 13.6. The number of H-pyrrole nitrogens is 1. The van der Waals surface area contributed by atoms with Crippen LogP contribution in [0.4, 0.5) is 0 Å². The molecule has 9 rings (SSSR count). The number of benzene rings is 6. The van der Waals surface area contributed by atoms with E-state index in [0.29, 0.717) is 0 Å². The average molecular weight is 633 g/mol. The molecule has 0 atom stereocenters. The third-order valence-corrected chi connectivity index (χ3v) is 11.2. The summed E-state index contributed by atoms with van der Waals surface area (Å²) in [6, 6.07) is 45.0. The van der Waals surface area contributed by atoms with Crippen molar-refractivity contribution < 1.29 is 0 Å². The van der Waals surface area contributed by atoms with Gasteiger partial charge in [0.05, 0.1) is 0 Å². The molecule has 0 amide bonds. The predicted octanol–water partition coefficient (Wildman–Crippen LogP) is 12.9. The molecule has 8 aromatic rings. The van der Waals surface area contributed by atoms with Gasteiger partial charge in [-0.1, -0.05) is 123 Å². The highest BCUT2D eigenvalue weighted by molar-refractivity contribution is 6.09. The Morgan fingerprint density at radius 1 is 0.490 bits per heavy atom. The number of nitrogens with one attached hydrogen (secondary N) is 1. The maximum Gasteiger partial charge on any atom is 0.0491 e. The molecule has 1 aliphatic carbocycles. The van der Waals surface area contributed by atoms with Crippen molar-refractivity contribution in [2.75, 3.05) is 0 Å². The quantitative estimate of drug-likeness (QED) is 0.169. The first-order valence-corrected chi connectivity index (χ1v) is 17.8. The Labute approximate surface area is 288 Å². The Morgan fingerprint density at radius 2 is 1.00 bits per heavy atom. The fraction of sp³-hybridized carbons (Fsp3) is 0.149. The van der Waals surface area contributed by atoms with Crippen molar-refractivity contribution in [3.63, 3.8) is 0 Å². The number of aryl methyl sites for hydroxylation is 1. The van der Waals surface area contributed by atoms with Gasteiger partial charge in [-0.2, -0.15) is 0 Å². The lowest BCUT2D eigenvalue weighted by Crippen LogP contribution is -2.23. The Balaban J connectivity index is 1.04. The molecule has 0 saturated heterocycles. The molecule has 238 valence electrons. The fourth-order valence-electron chi connectivity index (χ4n) is 8.62. The number of fused-ring (bicyclic) bond motifs is 9. The monoisotopic (exact) mass is 632 g/mol. The summed E-state index contributed by atoms with van der Waals surface area (Å²) in [6.07, 6.45) is 11.2. The lowest BCUT2D eigenvalue weighted by Gasteiger charge is -2.30. The van der Waals surface area contributed by atoms with Gasteiger partial charge < -0.3 is 9.55 Å². The van der Waals surface area contributed by atoms with Gasteiger partial charge in [0.2, 0.25) is 0 Å². The molecule has 2 heterocycles. The zero-order valence-corrected chi connectivity index (χ0v) is 28.4. The third kappa shape index (κ3) is 4.62. The largest absolute Gasteiger partial charge is 0.355 e. The van der Waals surface area contributed by atoms with Crippen molar-refractivity contribution in [2.24, 2.45) is 0 Å². The van der Waals surface area contributed by atoms with Gasteiger partial charge in [0.15, 0.2) is 0 Å². The van der Waals surface area contributed by atoms with Gasteiger partial charge >= 0.3 is 0 Å². The summed E-state index contributed by atoms with van der Waals surface area (Å²) in [7, 11) is 0. The number of nitrogens with zero attached hydrogens (tertiary/aromatic N) is 1. The van der Waals surface area contributed by atoms with Crippen molar-refractivity contribution in [1.82, 2.24) is 9.55 Å². The molecule has 49 heavy (non-hydrogen) atoms. The van der Waals surface area contributed by atoms with Gasteiger partial charge in [-0.05, 0) is 101 Å². The van der Waals surface area contributed by atoms with Crippen molar-refractivity contribution in [3.8, 4) is 11.1 Å². The molecule has 1 aliphatic rings. The van der Waals surface area contributed by atoms with Gasteiger partial charge in [0.1, 0.15) is 0 Å². The van der Waals surface area contributed by atoms with Crippen LogP contribution in [0.1, 0.15) is 67.0 Å². The minimum atomic E-state index is 0.00219. The minimum Gasteiger partial charge on any atom is -0.355 e. The molecular weight excluding hydrogens is 593 g/mol. The van der Waals surface area contributed by atoms with Crippen LogP contribution >= 0.6 is 0 Å². The summed E-state index contributed by atoms with van der Waals surface area (Å²) in [5.74, 6) is 0. The van der Waals surface area contributed by atoms with E-state index in [1.54, 1.807) is 0 Å². The van der Waals surface area contributed by atoms with E-state index in [1.165, 1.54) is 88.1 Å². The van der Waals surface area contributed by atoms with Gasteiger partial charge in [-0.3, -0.25) is 0 Å². The van der Waals surface area contributed by atoms with Crippen LogP contribution in [-0.2, 0) is 12.0 Å². The van der Waals surface area contributed by atoms with Crippen LogP contribution in [0.15, 0.2) is 121 Å². The topological polar surface area (TPSA) is 20.7 Å². The molecular formula is C47H40N2. The van der Waals surface area contributed by atoms with E-state index in [4.69, 9.17) is 0 Å². The van der Waals surface area contributed by atoms with Crippen molar-refractivity contribution >= 4 is 67.9 Å². The van der Waals surface area contributed by atoms with E-state index >= 15 is 0 Å². The molecule has 0 spiro atoms. The number of hydrogen-bond acceptors (Lipinski definition) is 0. The SMILES string of the molecule is CCn1c2ccccc2c2cc(/C=C/c3ccc4c(c3)C(CC)(CC)c3cc(/C=C/c5ccc6[nH]c7ccccc7c6c5)ccc3-4)ccc21. The van der Waals surface area contributed by atoms with Crippen molar-refractivity contribution in [1.29, 1.82) is 0 Å². The van der Waals surface area contributed by atoms with Gasteiger partial charge in [-0.25, -0.2) is 0 Å². The zero-order chi connectivity index (χ0) is 33.1. The number of rotatable bonds is 7. The first-order valence-electron chi connectivity index (χ1n) is 17.8. The molecule has 2 nitrogen and oxygen atoms in total. The number of aromatic nitrogens is 2. The molecule has 0 unspecified atom stereocenters. The maximum atomic E-state index is 3.54. The van der Waals surface area contributed by atoms with Crippen LogP contribution < -0.4 is 0 Å². The summed E-state index contributed by atoms with van der Waals surface area (Å²) in [5, 5.41) is 5.19. The van der Waals surface area contributed by atoms with Crippen LogP contribution in [0.3, 0.4) is 0 Å². The average Bonchev–Trinajstić information content (AvgIpc) is 3.78. The number of hydrogen-bond donors (Lipinski definition) is 1. The second-order valence-corrected chi connectivity index (χ2v) is 13.6. The smallest absolute Gasteiger partial charge is 0.0491 e. The van der Waals surface area contributed by atoms with Crippen LogP contribution in [-0.4, -0.2) is 9.55 Å². The molecule has 2 aromatic heterocycles. The first kappa shape index (κ1) is 29.5. The van der Waals surface area contributed by atoms with Crippen LogP contribution in [0.25, 0.3) is 79.0 Å². The lowest BCUT2D eigenvalue weighted by molar-refractivity contribution is 0.490. The summed E-state index contributed by atoms with van der Waals surface area (Å²) in [6.45, 7) is 7.90. The van der Waals surface area contributed by atoms with Gasteiger partial charge in [0.25, 0.3) is 0 Å². The Kier molecular flexibility index (Phi) is 6.95. The van der Waals surface area contributed by atoms with Crippen LogP contribution in [0.2, 0.25) is 0 Å². The molecule has 1 N–H and O–H groups in total. The Hall–Kier alpha value is -5.60. The van der Waals surface area contributed by atoms with Crippen molar-refractivity contribution in [3.05, 3.63) is 155 Å². The van der Waals surface area contributed by atoms with Gasteiger partial charge in [0, 0.05) is 55.6 Å². The minimum absolute atomic E-state index is 0.00219. The Morgan fingerprint density at radius 3 is 1.65 bits per heavy atom. The molecule has 0 fully saturated rings. The predicted molar refractivity (Wildman–Crippen MR) is 212 cm³/mol. The molecule has 0 bridgehead atoms. The van der Waals surface area contributed by atoms with E-state index in [1.807, 2.05) is 0 Å². The van der Waals surface area contributed by atoms with Crippen LogP contribution in [0.5, 0.6) is 0 Å². The summed E-state index contributed by atoms with van der Waals surface area (Å²) in [4.78, 5) is 3.54. The van der Waals surface area contributed by atoms with E-state index in [9.17, 15) is 0 Å². The highest BCUT2D eigenvalue weighted by atomic mass is 15.0. The molecule has 6 aromatic carbocycles. The second kappa shape index (κ2) is 11.5. The van der Waals surface area contributed by atoms with E-state index < -0.39 is 0 Å². The number of aromatic amines is 1. The first-order chi connectivity index (χ1) is 24.1. The highest BCUT2D eigenvalue weighted by Crippen LogP contribution is 2.53. The van der Waals surface area contributed by atoms with E-state index in [-0.39, 0.29) is 5.41 Å². The third-order valence-electron chi connectivity index (χ3n) is 11.2. The molecule has 2 heteroatoms. The fourth-order valence-corrected chi connectivity index (χ4v) is 8.62.